The molecule has 0 aliphatic carbocycles. The molecular formula is C15H14ClFO. The third kappa shape index (κ3) is 3.31. The zero-order valence-corrected chi connectivity index (χ0v) is 10.6. The zero-order chi connectivity index (χ0) is 13.0. The molecule has 0 aliphatic heterocycles. The Balaban J connectivity index is 2.06. The quantitative estimate of drug-likeness (QED) is 0.894. The van der Waals surface area contributed by atoms with Crippen molar-refractivity contribution < 1.29 is 9.50 Å². The van der Waals surface area contributed by atoms with Gasteiger partial charge >= 0.3 is 0 Å². The Morgan fingerprint density at radius 2 is 1.72 bits per heavy atom. The van der Waals surface area contributed by atoms with Crippen molar-refractivity contribution in [1.29, 1.82) is 0 Å². The second kappa shape index (κ2) is 5.98. The molecule has 2 aromatic rings. The van der Waals surface area contributed by atoms with Crippen LogP contribution in [0.5, 0.6) is 0 Å². The second-order valence-electron chi connectivity index (χ2n) is 4.25. The summed E-state index contributed by atoms with van der Waals surface area (Å²) < 4.78 is 13.6. The predicted octanol–water partition coefficient (Wildman–Crippen LogP) is 3.63. The third-order valence-electron chi connectivity index (χ3n) is 2.82. The molecular weight excluding hydrogens is 251 g/mol. The molecule has 0 spiro atoms. The number of aliphatic hydroxyl groups is 1. The summed E-state index contributed by atoms with van der Waals surface area (Å²) in [6.07, 6.45) is 0.0770. The van der Waals surface area contributed by atoms with Crippen LogP contribution in [0.1, 0.15) is 11.1 Å². The molecule has 1 unspecified atom stereocenters. The smallest absolute Gasteiger partial charge is 0.127 e. The molecule has 1 nitrogen and oxygen atoms in total. The molecule has 94 valence electrons. The summed E-state index contributed by atoms with van der Waals surface area (Å²) in [5, 5.41) is 10.3. The van der Waals surface area contributed by atoms with Crippen LogP contribution in [0.3, 0.4) is 0 Å². The van der Waals surface area contributed by atoms with Gasteiger partial charge in [0.15, 0.2) is 0 Å². The van der Waals surface area contributed by atoms with Crippen molar-refractivity contribution in [3.05, 3.63) is 70.5 Å². The lowest BCUT2D eigenvalue weighted by Crippen LogP contribution is -2.15. The summed E-state index contributed by atoms with van der Waals surface area (Å²) in [5.74, 6) is -0.366. The highest BCUT2D eigenvalue weighted by atomic mass is 35.5. The van der Waals surface area contributed by atoms with Gasteiger partial charge in [0.2, 0.25) is 0 Å². The fraction of sp³-hybridized carbons (Fsp3) is 0.200. The van der Waals surface area contributed by atoms with Crippen LogP contribution in [-0.4, -0.2) is 11.2 Å². The molecule has 0 bridgehead atoms. The number of benzene rings is 2. The molecule has 0 aliphatic rings. The highest BCUT2D eigenvalue weighted by Gasteiger charge is 2.13. The molecule has 1 N–H and O–H groups in total. The first kappa shape index (κ1) is 13.1. The van der Waals surface area contributed by atoms with Crippen LogP contribution < -0.4 is 0 Å². The average Bonchev–Trinajstić information content (AvgIpc) is 2.35. The number of halogens is 2. The Morgan fingerprint density at radius 3 is 2.39 bits per heavy atom. The molecule has 0 amide bonds. The lowest BCUT2D eigenvalue weighted by atomic mass is 10.0. The maximum atomic E-state index is 13.6. The second-order valence-corrected chi connectivity index (χ2v) is 4.66. The first-order chi connectivity index (χ1) is 8.66. The highest BCUT2D eigenvalue weighted by molar-refractivity contribution is 6.31. The summed E-state index contributed by atoms with van der Waals surface area (Å²) in [4.78, 5) is 0. The Kier molecular flexibility index (Phi) is 4.34. The third-order valence-corrected chi connectivity index (χ3v) is 3.17. The number of hydrogen-bond acceptors (Lipinski definition) is 1. The van der Waals surface area contributed by atoms with Gasteiger partial charge in [-0.25, -0.2) is 4.39 Å². The molecule has 0 radical (unpaired) electrons. The first-order valence-electron chi connectivity index (χ1n) is 5.81. The van der Waals surface area contributed by atoms with Gasteiger partial charge < -0.3 is 5.11 Å². The van der Waals surface area contributed by atoms with Crippen LogP contribution in [0.4, 0.5) is 4.39 Å². The van der Waals surface area contributed by atoms with E-state index in [0.29, 0.717) is 17.0 Å². The van der Waals surface area contributed by atoms with Crippen molar-refractivity contribution in [2.24, 2.45) is 0 Å². The van der Waals surface area contributed by atoms with E-state index in [2.05, 4.69) is 0 Å². The van der Waals surface area contributed by atoms with Gasteiger partial charge in [0.25, 0.3) is 0 Å². The Labute approximate surface area is 111 Å². The summed E-state index contributed by atoms with van der Waals surface area (Å²) in [5.41, 5.74) is 1.40. The van der Waals surface area contributed by atoms with E-state index in [1.54, 1.807) is 12.1 Å². The fourth-order valence-corrected chi connectivity index (χ4v) is 2.16. The highest BCUT2D eigenvalue weighted by Crippen LogP contribution is 2.21. The van der Waals surface area contributed by atoms with E-state index in [0.717, 1.165) is 5.56 Å². The van der Waals surface area contributed by atoms with Crippen molar-refractivity contribution >= 4 is 11.6 Å². The van der Waals surface area contributed by atoms with Crippen LogP contribution in [-0.2, 0) is 12.8 Å². The molecule has 0 saturated heterocycles. The predicted molar refractivity (Wildman–Crippen MR) is 71.3 cm³/mol. The van der Waals surface area contributed by atoms with E-state index in [4.69, 9.17) is 11.6 Å². The number of aliphatic hydroxyl groups excluding tert-OH is 1. The van der Waals surface area contributed by atoms with Crippen LogP contribution in [0, 0.1) is 5.82 Å². The SMILES string of the molecule is OC(Cc1ccccc1)Cc1c(F)cccc1Cl. The van der Waals surface area contributed by atoms with Crippen LogP contribution in [0.25, 0.3) is 0 Å². The van der Waals surface area contributed by atoms with Crippen molar-refractivity contribution in [3.63, 3.8) is 0 Å². The minimum Gasteiger partial charge on any atom is -0.392 e. The largest absolute Gasteiger partial charge is 0.392 e. The van der Waals surface area contributed by atoms with Gasteiger partial charge in [-0.2, -0.15) is 0 Å². The van der Waals surface area contributed by atoms with E-state index in [1.165, 1.54) is 6.07 Å². The Morgan fingerprint density at radius 1 is 1.00 bits per heavy atom. The van der Waals surface area contributed by atoms with Gasteiger partial charge in [-0.1, -0.05) is 48.0 Å². The molecule has 0 aromatic heterocycles. The van der Waals surface area contributed by atoms with Gasteiger partial charge in [0.1, 0.15) is 5.82 Å². The maximum Gasteiger partial charge on any atom is 0.127 e. The summed E-state index contributed by atoms with van der Waals surface area (Å²) >= 11 is 5.93. The van der Waals surface area contributed by atoms with Crippen molar-refractivity contribution in [2.75, 3.05) is 0 Å². The monoisotopic (exact) mass is 264 g/mol. The minimum absolute atomic E-state index is 0.223. The van der Waals surface area contributed by atoms with Gasteiger partial charge in [-0.3, -0.25) is 0 Å². The molecule has 3 heteroatoms. The van der Waals surface area contributed by atoms with Gasteiger partial charge in [0.05, 0.1) is 6.10 Å². The van der Waals surface area contributed by atoms with Crippen molar-refractivity contribution in [3.8, 4) is 0 Å². The Hall–Kier alpha value is -1.38. The molecule has 2 rings (SSSR count). The summed E-state index contributed by atoms with van der Waals surface area (Å²) in [6, 6.07) is 14.2. The van der Waals surface area contributed by atoms with Crippen molar-refractivity contribution in [2.45, 2.75) is 18.9 Å². The van der Waals surface area contributed by atoms with Gasteiger partial charge in [-0.05, 0) is 24.1 Å². The fourth-order valence-electron chi connectivity index (χ4n) is 1.92. The van der Waals surface area contributed by atoms with E-state index in [9.17, 15) is 9.50 Å². The average molecular weight is 265 g/mol. The van der Waals surface area contributed by atoms with E-state index < -0.39 is 6.10 Å². The molecule has 1 atom stereocenters. The number of rotatable bonds is 4. The lowest BCUT2D eigenvalue weighted by Gasteiger charge is -2.12. The first-order valence-corrected chi connectivity index (χ1v) is 6.19. The van der Waals surface area contributed by atoms with Gasteiger partial charge in [0, 0.05) is 17.0 Å². The molecule has 2 aromatic carbocycles. The molecule has 0 fully saturated rings. The molecule has 18 heavy (non-hydrogen) atoms. The topological polar surface area (TPSA) is 20.2 Å². The van der Waals surface area contributed by atoms with E-state index in [1.807, 2.05) is 30.3 Å². The lowest BCUT2D eigenvalue weighted by molar-refractivity contribution is 0.174. The zero-order valence-electron chi connectivity index (χ0n) is 9.81. The molecule has 0 saturated carbocycles. The molecule has 0 heterocycles. The minimum atomic E-state index is -0.637. The van der Waals surface area contributed by atoms with Crippen LogP contribution >= 0.6 is 11.6 Å². The summed E-state index contributed by atoms with van der Waals surface area (Å²) in [7, 11) is 0. The maximum absolute atomic E-state index is 13.6. The van der Waals surface area contributed by atoms with E-state index in [-0.39, 0.29) is 12.2 Å². The van der Waals surface area contributed by atoms with Gasteiger partial charge in [-0.15, -0.1) is 0 Å². The number of hydrogen-bond donors (Lipinski definition) is 1. The normalized spacial score (nSPS) is 12.4. The summed E-state index contributed by atoms with van der Waals surface area (Å²) in [6.45, 7) is 0. The van der Waals surface area contributed by atoms with E-state index >= 15 is 0 Å². The van der Waals surface area contributed by atoms with Crippen molar-refractivity contribution in [1.82, 2.24) is 0 Å². The standard InChI is InChI=1S/C15H14ClFO/c16-14-7-4-8-15(17)13(14)10-12(18)9-11-5-2-1-3-6-11/h1-8,12,18H,9-10H2. The van der Waals surface area contributed by atoms with Crippen LogP contribution in [0.15, 0.2) is 48.5 Å². The Bertz CT molecular complexity index is 493. The van der Waals surface area contributed by atoms with Crippen LogP contribution in [0.2, 0.25) is 5.02 Å².